The largest absolute Gasteiger partial charge is 0.433 e. The molecule has 3 aromatic rings. The summed E-state index contributed by atoms with van der Waals surface area (Å²) in [6, 6.07) is 10.2. The van der Waals surface area contributed by atoms with Crippen LogP contribution in [-0.4, -0.2) is 16.1 Å². The molecule has 0 spiro atoms. The summed E-state index contributed by atoms with van der Waals surface area (Å²) in [6.07, 6.45) is 1.29. The Labute approximate surface area is 111 Å². The number of para-hydroxylation sites is 2. The number of hydrazone groups is 1. The lowest BCUT2D eigenvalue weighted by Crippen LogP contribution is -1.89. The normalized spacial score (nSPS) is 11.2. The maximum Gasteiger partial charge on any atom is 0.433 e. The summed E-state index contributed by atoms with van der Waals surface area (Å²) < 4.78 is 10.3. The molecule has 0 bridgehead atoms. The summed E-state index contributed by atoms with van der Waals surface area (Å²) in [4.78, 5) is 14.0. The molecule has 0 atom stereocenters. The molecule has 0 aliphatic heterocycles. The van der Waals surface area contributed by atoms with Crippen LogP contribution in [0.1, 0.15) is 5.76 Å². The second kappa shape index (κ2) is 4.84. The minimum atomic E-state index is -0.619. The molecule has 2 heterocycles. The van der Waals surface area contributed by atoms with Gasteiger partial charge in [0.1, 0.15) is 10.4 Å². The Kier molecular flexibility index (Phi) is 2.88. The van der Waals surface area contributed by atoms with Crippen LogP contribution in [0.15, 0.2) is 50.3 Å². The van der Waals surface area contributed by atoms with Crippen LogP contribution in [0.3, 0.4) is 0 Å². The summed E-state index contributed by atoms with van der Waals surface area (Å²) >= 11 is 0. The second-order valence-corrected chi connectivity index (χ2v) is 3.79. The van der Waals surface area contributed by atoms with Gasteiger partial charge in [0.2, 0.25) is 0 Å². The molecule has 8 nitrogen and oxygen atoms in total. The Morgan fingerprint density at radius 1 is 1.25 bits per heavy atom. The first-order valence-electron chi connectivity index (χ1n) is 5.61. The number of rotatable bonds is 4. The lowest BCUT2D eigenvalue weighted by atomic mass is 10.3. The zero-order valence-corrected chi connectivity index (χ0v) is 10.0. The Morgan fingerprint density at radius 2 is 2.10 bits per heavy atom. The van der Waals surface area contributed by atoms with Gasteiger partial charge in [0.15, 0.2) is 11.3 Å². The van der Waals surface area contributed by atoms with Gasteiger partial charge in [0, 0.05) is 0 Å². The molecule has 1 N–H and O–H groups in total. The van der Waals surface area contributed by atoms with Crippen LogP contribution >= 0.6 is 0 Å². The Bertz CT molecular complexity index is 756. The maximum atomic E-state index is 10.4. The highest BCUT2D eigenvalue weighted by Gasteiger charge is 2.10. The van der Waals surface area contributed by atoms with Crippen LogP contribution in [0.5, 0.6) is 0 Å². The Hall–Kier alpha value is -3.16. The van der Waals surface area contributed by atoms with E-state index in [1.165, 1.54) is 18.3 Å². The van der Waals surface area contributed by atoms with Gasteiger partial charge in [-0.3, -0.25) is 10.1 Å². The topological polar surface area (TPSA) is 107 Å². The van der Waals surface area contributed by atoms with Crippen molar-refractivity contribution in [2.75, 3.05) is 5.43 Å². The van der Waals surface area contributed by atoms with E-state index in [1.54, 1.807) is 6.07 Å². The van der Waals surface area contributed by atoms with Crippen molar-refractivity contribution in [3.63, 3.8) is 0 Å². The van der Waals surface area contributed by atoms with Gasteiger partial charge in [-0.1, -0.05) is 12.1 Å². The first kappa shape index (κ1) is 11.9. The Balaban J connectivity index is 1.71. The molecule has 100 valence electrons. The molecule has 1 aromatic carbocycles. The summed E-state index contributed by atoms with van der Waals surface area (Å²) in [5, 5.41) is 14.3. The van der Waals surface area contributed by atoms with Crippen molar-refractivity contribution in [2.45, 2.75) is 0 Å². The molecule has 0 unspecified atom stereocenters. The fourth-order valence-electron chi connectivity index (χ4n) is 1.58. The van der Waals surface area contributed by atoms with E-state index in [0.717, 1.165) is 0 Å². The third-order valence-corrected chi connectivity index (χ3v) is 2.44. The van der Waals surface area contributed by atoms with Crippen molar-refractivity contribution in [3.05, 3.63) is 52.3 Å². The van der Waals surface area contributed by atoms with Crippen LogP contribution in [-0.2, 0) is 0 Å². The standard InChI is InChI=1S/C12H8N4O4/c17-16(18)11-6-5-8(19-11)7-13-15-12-14-9-3-1-2-4-10(9)20-12/h1-7H,(H,14,15)/b13-7-. The number of nitrogens with one attached hydrogen (secondary N) is 1. The first-order valence-corrected chi connectivity index (χ1v) is 5.61. The van der Waals surface area contributed by atoms with Crippen molar-refractivity contribution in [3.8, 4) is 0 Å². The number of aromatic nitrogens is 1. The van der Waals surface area contributed by atoms with Crippen molar-refractivity contribution in [1.82, 2.24) is 4.98 Å². The summed E-state index contributed by atoms with van der Waals surface area (Å²) in [5.41, 5.74) is 3.93. The van der Waals surface area contributed by atoms with Crippen LogP contribution < -0.4 is 5.43 Å². The predicted molar refractivity (Wildman–Crippen MR) is 70.6 cm³/mol. The molecule has 3 rings (SSSR count). The van der Waals surface area contributed by atoms with E-state index in [1.807, 2.05) is 18.2 Å². The highest BCUT2D eigenvalue weighted by atomic mass is 16.6. The van der Waals surface area contributed by atoms with Crippen molar-refractivity contribution in [1.29, 1.82) is 0 Å². The summed E-state index contributed by atoms with van der Waals surface area (Å²) in [6.45, 7) is 0. The van der Waals surface area contributed by atoms with E-state index in [2.05, 4.69) is 15.5 Å². The smallest absolute Gasteiger partial charge is 0.422 e. The fraction of sp³-hybridized carbons (Fsp3) is 0. The molecule has 20 heavy (non-hydrogen) atoms. The average molecular weight is 272 g/mol. The SMILES string of the molecule is O=[N+]([O-])c1ccc(/C=N\Nc2nc3ccccc3o2)o1. The van der Waals surface area contributed by atoms with E-state index < -0.39 is 4.92 Å². The molecular formula is C12H8N4O4. The van der Waals surface area contributed by atoms with Crippen LogP contribution in [0.2, 0.25) is 0 Å². The molecule has 0 aliphatic rings. The molecule has 0 saturated carbocycles. The first-order chi connectivity index (χ1) is 9.72. The van der Waals surface area contributed by atoms with E-state index in [0.29, 0.717) is 11.1 Å². The van der Waals surface area contributed by atoms with Crippen molar-refractivity contribution >= 4 is 29.2 Å². The third-order valence-electron chi connectivity index (χ3n) is 2.44. The van der Waals surface area contributed by atoms with Gasteiger partial charge in [-0.15, -0.1) is 0 Å². The number of nitro groups is 1. The molecule has 2 aromatic heterocycles. The number of fused-ring (bicyclic) bond motifs is 1. The quantitative estimate of drug-likeness (QED) is 0.444. The van der Waals surface area contributed by atoms with Gasteiger partial charge in [-0.25, -0.2) is 5.43 Å². The minimum Gasteiger partial charge on any atom is -0.422 e. The van der Waals surface area contributed by atoms with Gasteiger partial charge < -0.3 is 8.83 Å². The number of oxazole rings is 1. The molecule has 0 amide bonds. The molecule has 8 heteroatoms. The average Bonchev–Trinajstić information content (AvgIpc) is 3.04. The minimum absolute atomic E-state index is 0.225. The van der Waals surface area contributed by atoms with Gasteiger partial charge in [0.05, 0.1) is 12.3 Å². The zero-order valence-electron chi connectivity index (χ0n) is 10.0. The number of hydrogen-bond acceptors (Lipinski definition) is 7. The number of nitrogens with zero attached hydrogens (tertiary/aromatic N) is 3. The molecule has 0 aliphatic carbocycles. The monoisotopic (exact) mass is 272 g/mol. The fourth-order valence-corrected chi connectivity index (χ4v) is 1.58. The highest BCUT2D eigenvalue weighted by Crippen LogP contribution is 2.18. The van der Waals surface area contributed by atoms with Crippen LogP contribution in [0.4, 0.5) is 11.9 Å². The van der Waals surface area contributed by atoms with Gasteiger partial charge in [-0.2, -0.15) is 10.1 Å². The number of benzene rings is 1. The van der Waals surface area contributed by atoms with E-state index >= 15 is 0 Å². The molecular weight excluding hydrogens is 264 g/mol. The van der Waals surface area contributed by atoms with Gasteiger partial charge >= 0.3 is 11.9 Å². The number of furan rings is 1. The predicted octanol–water partition coefficient (Wildman–Crippen LogP) is 2.78. The number of hydrogen-bond donors (Lipinski definition) is 1. The third kappa shape index (κ3) is 2.34. The maximum absolute atomic E-state index is 10.4. The van der Waals surface area contributed by atoms with E-state index in [9.17, 15) is 10.1 Å². The van der Waals surface area contributed by atoms with E-state index in [4.69, 9.17) is 8.83 Å². The summed E-state index contributed by atoms with van der Waals surface area (Å²) in [7, 11) is 0. The Morgan fingerprint density at radius 3 is 2.85 bits per heavy atom. The molecule has 0 radical (unpaired) electrons. The van der Waals surface area contributed by atoms with Crippen LogP contribution in [0.25, 0.3) is 11.1 Å². The van der Waals surface area contributed by atoms with Crippen molar-refractivity contribution in [2.24, 2.45) is 5.10 Å². The van der Waals surface area contributed by atoms with Crippen LogP contribution in [0, 0.1) is 10.1 Å². The molecule has 0 fully saturated rings. The second-order valence-electron chi connectivity index (χ2n) is 3.79. The van der Waals surface area contributed by atoms with Gasteiger partial charge in [0.25, 0.3) is 0 Å². The summed E-state index contributed by atoms with van der Waals surface area (Å²) in [5.74, 6) is -0.0892. The lowest BCUT2D eigenvalue weighted by molar-refractivity contribution is -0.402. The molecule has 0 saturated heterocycles. The van der Waals surface area contributed by atoms with Crippen molar-refractivity contribution < 1.29 is 13.8 Å². The number of anilines is 1. The van der Waals surface area contributed by atoms with Gasteiger partial charge in [-0.05, 0) is 18.2 Å². The highest BCUT2D eigenvalue weighted by molar-refractivity contribution is 5.77. The van der Waals surface area contributed by atoms with E-state index in [-0.39, 0.29) is 17.7 Å². The zero-order chi connectivity index (χ0) is 13.9. The lowest BCUT2D eigenvalue weighted by Gasteiger charge is -1.89.